The normalized spacial score (nSPS) is 12.0. The molecule has 4 aromatic rings. The van der Waals surface area contributed by atoms with Crippen LogP contribution < -0.4 is 14.2 Å². The first-order chi connectivity index (χ1) is 15.2. The Bertz CT molecular complexity index is 1350. The van der Waals surface area contributed by atoms with Gasteiger partial charge in [0.25, 0.3) is 0 Å². The Labute approximate surface area is 187 Å². The number of hydrogen-bond donors (Lipinski definition) is 1. The molecule has 1 N–H and O–H groups in total. The number of pyridine rings is 1. The third-order valence-corrected chi connectivity index (χ3v) is 5.95. The molecule has 2 heterocycles. The van der Waals surface area contributed by atoms with Crippen molar-refractivity contribution >= 4 is 21.6 Å². The zero-order chi connectivity index (χ0) is 22.9. The Hall–Kier alpha value is -3.52. The van der Waals surface area contributed by atoms with Crippen LogP contribution in [0.1, 0.15) is 20.8 Å². The predicted molar refractivity (Wildman–Crippen MR) is 125 cm³/mol. The summed E-state index contributed by atoms with van der Waals surface area (Å²) in [5, 5.41) is 3.51. The van der Waals surface area contributed by atoms with E-state index in [0.29, 0.717) is 11.4 Å². The SMILES string of the molecule is COc1ccc(S(=O)(=O)Oc2cccc(-c3nc4ccccn4c3NC(C)(C)C)c2)cc1. The van der Waals surface area contributed by atoms with Crippen LogP contribution in [0.3, 0.4) is 0 Å². The molecule has 0 atom stereocenters. The summed E-state index contributed by atoms with van der Waals surface area (Å²) < 4.78 is 38.0. The molecule has 0 saturated carbocycles. The van der Waals surface area contributed by atoms with E-state index in [1.807, 2.05) is 34.9 Å². The van der Waals surface area contributed by atoms with Crippen molar-refractivity contribution < 1.29 is 17.3 Å². The maximum atomic E-state index is 12.7. The minimum absolute atomic E-state index is 0.0477. The van der Waals surface area contributed by atoms with Gasteiger partial charge in [-0.25, -0.2) is 4.98 Å². The average Bonchev–Trinajstić information content (AvgIpc) is 3.11. The van der Waals surface area contributed by atoms with E-state index in [1.54, 1.807) is 30.3 Å². The highest BCUT2D eigenvalue weighted by atomic mass is 32.2. The van der Waals surface area contributed by atoms with Gasteiger partial charge < -0.3 is 14.2 Å². The van der Waals surface area contributed by atoms with Crippen molar-refractivity contribution in [1.29, 1.82) is 0 Å². The zero-order valence-electron chi connectivity index (χ0n) is 18.4. The number of imidazole rings is 1. The van der Waals surface area contributed by atoms with Gasteiger partial charge in [-0.05, 0) is 69.3 Å². The Morgan fingerprint density at radius 3 is 2.38 bits per heavy atom. The minimum Gasteiger partial charge on any atom is -0.497 e. The number of anilines is 1. The van der Waals surface area contributed by atoms with Gasteiger partial charge in [0.05, 0.1) is 7.11 Å². The highest BCUT2D eigenvalue weighted by Gasteiger charge is 2.21. The number of benzene rings is 2. The molecule has 0 unspecified atom stereocenters. The van der Waals surface area contributed by atoms with Gasteiger partial charge in [-0.1, -0.05) is 18.2 Å². The summed E-state index contributed by atoms with van der Waals surface area (Å²) in [5.74, 6) is 1.59. The van der Waals surface area contributed by atoms with Crippen LogP contribution >= 0.6 is 0 Å². The second kappa shape index (κ2) is 8.20. The maximum absolute atomic E-state index is 12.7. The van der Waals surface area contributed by atoms with Gasteiger partial charge in [0, 0.05) is 17.3 Å². The van der Waals surface area contributed by atoms with Gasteiger partial charge in [-0.15, -0.1) is 0 Å². The van der Waals surface area contributed by atoms with Crippen LogP contribution in [0.4, 0.5) is 5.82 Å². The van der Waals surface area contributed by atoms with Gasteiger partial charge in [0.15, 0.2) is 0 Å². The van der Waals surface area contributed by atoms with Gasteiger partial charge in [0.2, 0.25) is 0 Å². The smallest absolute Gasteiger partial charge is 0.339 e. The first-order valence-electron chi connectivity index (χ1n) is 10.1. The predicted octanol–water partition coefficient (Wildman–Crippen LogP) is 4.99. The van der Waals surface area contributed by atoms with Crippen molar-refractivity contribution in [3.63, 3.8) is 0 Å². The quantitative estimate of drug-likeness (QED) is 0.416. The van der Waals surface area contributed by atoms with E-state index >= 15 is 0 Å². The number of nitrogens with zero attached hydrogens (tertiary/aromatic N) is 2. The number of ether oxygens (including phenoxy) is 1. The largest absolute Gasteiger partial charge is 0.497 e. The molecule has 0 spiro atoms. The monoisotopic (exact) mass is 451 g/mol. The molecule has 0 saturated heterocycles. The molecule has 2 aromatic heterocycles. The molecule has 0 fully saturated rings. The van der Waals surface area contributed by atoms with Crippen molar-refractivity contribution in [2.75, 3.05) is 12.4 Å². The molecule has 166 valence electrons. The maximum Gasteiger partial charge on any atom is 0.339 e. The summed E-state index contributed by atoms with van der Waals surface area (Å²) >= 11 is 0. The van der Waals surface area contributed by atoms with E-state index in [2.05, 4.69) is 26.1 Å². The van der Waals surface area contributed by atoms with Crippen molar-refractivity contribution in [3.05, 3.63) is 72.9 Å². The van der Waals surface area contributed by atoms with E-state index in [9.17, 15) is 8.42 Å². The number of aromatic nitrogens is 2. The summed E-state index contributed by atoms with van der Waals surface area (Å²) in [4.78, 5) is 4.81. The fourth-order valence-electron chi connectivity index (χ4n) is 3.28. The lowest BCUT2D eigenvalue weighted by molar-refractivity contribution is 0.414. The van der Waals surface area contributed by atoms with Crippen LogP contribution in [0.25, 0.3) is 16.9 Å². The molecule has 7 nitrogen and oxygen atoms in total. The molecule has 32 heavy (non-hydrogen) atoms. The third-order valence-electron chi connectivity index (χ3n) is 4.68. The van der Waals surface area contributed by atoms with Gasteiger partial charge in [0.1, 0.15) is 33.6 Å². The Morgan fingerprint density at radius 2 is 1.69 bits per heavy atom. The Balaban J connectivity index is 1.72. The fraction of sp³-hybridized carbons (Fsp3) is 0.208. The fourth-order valence-corrected chi connectivity index (χ4v) is 4.21. The van der Waals surface area contributed by atoms with E-state index in [-0.39, 0.29) is 16.2 Å². The number of rotatable bonds is 6. The molecule has 4 rings (SSSR count). The highest BCUT2D eigenvalue weighted by Crippen LogP contribution is 2.33. The molecule has 2 aromatic carbocycles. The molecule has 0 aliphatic carbocycles. The molecule has 0 aliphatic heterocycles. The van der Waals surface area contributed by atoms with Crippen molar-refractivity contribution in [1.82, 2.24) is 9.38 Å². The molecule has 0 aliphatic rings. The van der Waals surface area contributed by atoms with E-state index in [0.717, 1.165) is 17.0 Å². The van der Waals surface area contributed by atoms with Crippen molar-refractivity contribution in [2.45, 2.75) is 31.2 Å². The molecule has 0 bridgehead atoms. The number of hydrogen-bond acceptors (Lipinski definition) is 6. The van der Waals surface area contributed by atoms with Crippen LogP contribution in [0.15, 0.2) is 77.8 Å². The minimum atomic E-state index is -4.00. The third kappa shape index (κ3) is 4.55. The van der Waals surface area contributed by atoms with E-state index in [4.69, 9.17) is 13.9 Å². The average molecular weight is 452 g/mol. The van der Waals surface area contributed by atoms with Crippen molar-refractivity contribution in [2.24, 2.45) is 0 Å². The summed E-state index contributed by atoms with van der Waals surface area (Å²) in [7, 11) is -2.48. The van der Waals surface area contributed by atoms with E-state index < -0.39 is 10.1 Å². The number of fused-ring (bicyclic) bond motifs is 1. The summed E-state index contributed by atoms with van der Waals surface area (Å²) in [5.41, 5.74) is 2.03. The Kier molecular flexibility index (Phi) is 5.56. The van der Waals surface area contributed by atoms with Gasteiger partial charge >= 0.3 is 10.1 Å². The molecular formula is C24H25N3O4S. The lowest BCUT2D eigenvalue weighted by Crippen LogP contribution is -2.27. The second-order valence-corrected chi connectivity index (χ2v) is 9.90. The summed E-state index contributed by atoms with van der Waals surface area (Å²) in [6.07, 6.45) is 1.94. The van der Waals surface area contributed by atoms with Crippen molar-refractivity contribution in [3.8, 4) is 22.8 Å². The van der Waals surface area contributed by atoms with Gasteiger partial charge in [-0.2, -0.15) is 8.42 Å². The Morgan fingerprint density at radius 1 is 0.938 bits per heavy atom. The standard InChI is InChI=1S/C24H25N3O4S/c1-24(2,3)26-23-22(25-21-10-5-6-15-27(21)23)17-8-7-9-19(16-17)31-32(28,29)20-13-11-18(30-4)12-14-20/h5-16,26H,1-4H3. The summed E-state index contributed by atoms with van der Waals surface area (Å²) in [6.45, 7) is 6.21. The lowest BCUT2D eigenvalue weighted by Gasteiger charge is -2.22. The van der Waals surface area contributed by atoms with Crippen LogP contribution in [-0.4, -0.2) is 30.5 Å². The first-order valence-corrected chi connectivity index (χ1v) is 11.5. The van der Waals surface area contributed by atoms with Crippen LogP contribution in [0, 0.1) is 0 Å². The second-order valence-electron chi connectivity index (χ2n) is 8.35. The number of nitrogens with one attached hydrogen (secondary N) is 1. The zero-order valence-corrected chi connectivity index (χ0v) is 19.2. The number of methoxy groups -OCH3 is 1. The van der Waals surface area contributed by atoms with Gasteiger partial charge in [-0.3, -0.25) is 4.40 Å². The lowest BCUT2D eigenvalue weighted by atomic mass is 10.1. The molecule has 8 heteroatoms. The first kappa shape index (κ1) is 21.7. The topological polar surface area (TPSA) is 81.9 Å². The van der Waals surface area contributed by atoms with Crippen LogP contribution in [0.2, 0.25) is 0 Å². The molecule has 0 radical (unpaired) electrons. The van der Waals surface area contributed by atoms with E-state index in [1.165, 1.54) is 19.2 Å². The summed E-state index contributed by atoms with van der Waals surface area (Å²) in [6, 6.07) is 18.8. The highest BCUT2D eigenvalue weighted by molar-refractivity contribution is 7.87. The van der Waals surface area contributed by atoms with Crippen LogP contribution in [-0.2, 0) is 10.1 Å². The molecular weight excluding hydrogens is 426 g/mol. The molecule has 0 amide bonds. The van der Waals surface area contributed by atoms with Crippen LogP contribution in [0.5, 0.6) is 11.5 Å².